The van der Waals surface area contributed by atoms with Gasteiger partial charge < -0.3 is 25.0 Å². The quantitative estimate of drug-likeness (QED) is 0.840. The number of para-hydroxylation sites is 2. The first-order valence-electron chi connectivity index (χ1n) is 9.35. The van der Waals surface area contributed by atoms with Gasteiger partial charge in [0.05, 0.1) is 5.69 Å². The summed E-state index contributed by atoms with van der Waals surface area (Å²) in [5, 5.41) is 0. The molecular weight excluding hydrogens is 374 g/mol. The maximum absolute atomic E-state index is 12.3. The molecule has 0 aliphatic carbocycles. The van der Waals surface area contributed by atoms with Gasteiger partial charge in [-0.1, -0.05) is 12.1 Å². The van der Waals surface area contributed by atoms with Gasteiger partial charge in [-0.05, 0) is 39.0 Å². The highest BCUT2D eigenvalue weighted by Gasteiger charge is 2.27. The summed E-state index contributed by atoms with van der Waals surface area (Å²) in [7, 11) is 0. The number of amides is 2. The monoisotopic (exact) mass is 399 g/mol. The molecule has 2 amide bonds. The minimum absolute atomic E-state index is 0.0427. The Bertz CT molecular complexity index is 888. The maximum atomic E-state index is 12.3. The number of anilines is 1. The van der Waals surface area contributed by atoms with E-state index in [0.29, 0.717) is 31.9 Å². The van der Waals surface area contributed by atoms with Crippen LogP contribution in [0.25, 0.3) is 0 Å². The first-order valence-corrected chi connectivity index (χ1v) is 9.35. The Balaban J connectivity index is 1.69. The van der Waals surface area contributed by atoms with Crippen molar-refractivity contribution < 1.29 is 19.1 Å². The zero-order chi connectivity index (χ0) is 21.0. The van der Waals surface area contributed by atoms with Gasteiger partial charge in [0.2, 0.25) is 0 Å². The predicted molar refractivity (Wildman–Crippen MR) is 107 cm³/mol. The molecule has 1 fully saturated rings. The van der Waals surface area contributed by atoms with E-state index in [4.69, 9.17) is 15.2 Å². The van der Waals surface area contributed by atoms with Crippen LogP contribution in [0.5, 0.6) is 11.8 Å². The van der Waals surface area contributed by atoms with Crippen molar-refractivity contribution >= 4 is 17.7 Å². The van der Waals surface area contributed by atoms with Crippen LogP contribution in [0.1, 0.15) is 31.3 Å². The second kappa shape index (κ2) is 8.34. The first kappa shape index (κ1) is 20.4. The summed E-state index contributed by atoms with van der Waals surface area (Å²) < 4.78 is 11.3. The van der Waals surface area contributed by atoms with Gasteiger partial charge >= 0.3 is 12.1 Å². The summed E-state index contributed by atoms with van der Waals surface area (Å²) in [6, 6.07) is 8.95. The molecule has 9 nitrogen and oxygen atoms in total. The molecule has 0 saturated carbocycles. The van der Waals surface area contributed by atoms with E-state index < -0.39 is 11.5 Å². The van der Waals surface area contributed by atoms with Gasteiger partial charge in [0.25, 0.3) is 5.91 Å². The lowest BCUT2D eigenvalue weighted by atomic mass is 10.2. The molecule has 1 aromatic carbocycles. The summed E-state index contributed by atoms with van der Waals surface area (Å²) >= 11 is 0. The average Bonchev–Trinajstić information content (AvgIpc) is 2.67. The van der Waals surface area contributed by atoms with Gasteiger partial charge in [-0.25, -0.2) is 9.78 Å². The molecule has 0 spiro atoms. The Labute approximate surface area is 169 Å². The molecule has 2 N–H and O–H groups in total. The summed E-state index contributed by atoms with van der Waals surface area (Å²) in [5.41, 5.74) is 5.68. The SMILES string of the molecule is CC(C)(C)OC(=O)N1CCN(c2ccccc2Oc2nccc(C(N)=O)n2)CC1. The van der Waals surface area contributed by atoms with Crippen molar-refractivity contribution in [3.8, 4) is 11.8 Å². The molecule has 3 rings (SSSR count). The zero-order valence-corrected chi connectivity index (χ0v) is 16.8. The Morgan fingerprint density at radius 2 is 1.76 bits per heavy atom. The highest BCUT2D eigenvalue weighted by Crippen LogP contribution is 2.31. The highest BCUT2D eigenvalue weighted by molar-refractivity contribution is 5.90. The Morgan fingerprint density at radius 1 is 1.07 bits per heavy atom. The van der Waals surface area contributed by atoms with E-state index in [-0.39, 0.29) is 17.8 Å². The lowest BCUT2D eigenvalue weighted by Gasteiger charge is -2.37. The normalized spacial score (nSPS) is 14.4. The summed E-state index contributed by atoms with van der Waals surface area (Å²) in [5.74, 6) is -0.0939. The summed E-state index contributed by atoms with van der Waals surface area (Å²) in [6.07, 6.45) is 1.11. The van der Waals surface area contributed by atoms with Crippen LogP contribution in [0.15, 0.2) is 36.5 Å². The molecule has 1 aliphatic heterocycles. The number of ether oxygens (including phenoxy) is 2. The highest BCUT2D eigenvalue weighted by atomic mass is 16.6. The smallest absolute Gasteiger partial charge is 0.410 e. The number of hydrogen-bond acceptors (Lipinski definition) is 7. The van der Waals surface area contributed by atoms with Crippen molar-refractivity contribution in [2.24, 2.45) is 5.73 Å². The van der Waals surface area contributed by atoms with Crippen molar-refractivity contribution in [3.05, 3.63) is 42.2 Å². The van der Waals surface area contributed by atoms with Crippen LogP contribution >= 0.6 is 0 Å². The van der Waals surface area contributed by atoms with Gasteiger partial charge in [0.1, 0.15) is 11.3 Å². The van der Waals surface area contributed by atoms with E-state index in [1.54, 1.807) is 11.0 Å². The number of nitrogens with two attached hydrogens (primary N) is 1. The lowest BCUT2D eigenvalue weighted by molar-refractivity contribution is 0.0240. The van der Waals surface area contributed by atoms with E-state index >= 15 is 0 Å². The number of benzene rings is 1. The van der Waals surface area contributed by atoms with Gasteiger partial charge in [-0.15, -0.1) is 0 Å². The van der Waals surface area contributed by atoms with E-state index in [1.165, 1.54) is 12.3 Å². The van der Waals surface area contributed by atoms with Crippen molar-refractivity contribution in [2.45, 2.75) is 26.4 Å². The number of carbonyl (C=O) groups excluding carboxylic acids is 2. The molecule has 154 valence electrons. The topological polar surface area (TPSA) is 111 Å². The fourth-order valence-corrected chi connectivity index (χ4v) is 2.89. The fraction of sp³-hybridized carbons (Fsp3) is 0.400. The van der Waals surface area contributed by atoms with Crippen LogP contribution < -0.4 is 15.4 Å². The van der Waals surface area contributed by atoms with Gasteiger partial charge in [0, 0.05) is 32.4 Å². The number of nitrogens with zero attached hydrogens (tertiary/aromatic N) is 4. The number of aromatic nitrogens is 2. The van der Waals surface area contributed by atoms with E-state index in [1.807, 2.05) is 39.0 Å². The van der Waals surface area contributed by atoms with Crippen molar-refractivity contribution in [1.82, 2.24) is 14.9 Å². The van der Waals surface area contributed by atoms with Crippen molar-refractivity contribution in [2.75, 3.05) is 31.1 Å². The summed E-state index contributed by atoms with van der Waals surface area (Å²) in [4.78, 5) is 35.5. The minimum atomic E-state index is -0.649. The van der Waals surface area contributed by atoms with Gasteiger partial charge in [0.15, 0.2) is 5.75 Å². The molecule has 2 heterocycles. The number of hydrogen-bond donors (Lipinski definition) is 1. The number of carbonyl (C=O) groups is 2. The number of rotatable bonds is 4. The predicted octanol–water partition coefficient (Wildman–Crippen LogP) is 2.42. The number of primary amides is 1. The van der Waals surface area contributed by atoms with Crippen LogP contribution in [0, 0.1) is 0 Å². The van der Waals surface area contributed by atoms with E-state index in [2.05, 4.69) is 14.9 Å². The largest absolute Gasteiger partial charge is 0.444 e. The third kappa shape index (κ3) is 5.34. The Hall–Kier alpha value is -3.36. The lowest BCUT2D eigenvalue weighted by Crippen LogP contribution is -2.50. The van der Waals surface area contributed by atoms with Crippen LogP contribution in [0.4, 0.5) is 10.5 Å². The van der Waals surface area contributed by atoms with Crippen molar-refractivity contribution in [1.29, 1.82) is 0 Å². The molecular formula is C20H25N5O4. The van der Waals surface area contributed by atoms with Crippen molar-refractivity contribution in [3.63, 3.8) is 0 Å². The third-order valence-electron chi connectivity index (χ3n) is 4.22. The molecule has 1 saturated heterocycles. The minimum Gasteiger partial charge on any atom is -0.444 e. The van der Waals surface area contributed by atoms with Crippen LogP contribution in [0.3, 0.4) is 0 Å². The zero-order valence-electron chi connectivity index (χ0n) is 16.8. The van der Waals surface area contributed by atoms with Crippen LogP contribution in [-0.4, -0.2) is 58.6 Å². The molecule has 1 aromatic heterocycles. The molecule has 0 unspecified atom stereocenters. The molecule has 0 radical (unpaired) electrons. The third-order valence-corrected chi connectivity index (χ3v) is 4.22. The molecule has 0 atom stereocenters. The Morgan fingerprint density at radius 3 is 2.41 bits per heavy atom. The van der Waals surface area contributed by atoms with Gasteiger partial charge in [-0.2, -0.15) is 4.98 Å². The molecule has 1 aliphatic rings. The second-order valence-corrected chi connectivity index (χ2v) is 7.61. The van der Waals surface area contributed by atoms with E-state index in [9.17, 15) is 9.59 Å². The molecule has 2 aromatic rings. The molecule has 29 heavy (non-hydrogen) atoms. The Kier molecular flexibility index (Phi) is 5.86. The van der Waals surface area contributed by atoms with Crippen LogP contribution in [0.2, 0.25) is 0 Å². The summed E-state index contributed by atoms with van der Waals surface area (Å²) in [6.45, 7) is 7.88. The van der Waals surface area contributed by atoms with Gasteiger partial charge in [-0.3, -0.25) is 4.79 Å². The maximum Gasteiger partial charge on any atom is 0.410 e. The average molecular weight is 399 g/mol. The molecule has 0 bridgehead atoms. The fourth-order valence-electron chi connectivity index (χ4n) is 2.89. The van der Waals surface area contributed by atoms with Crippen LogP contribution in [-0.2, 0) is 4.74 Å². The number of piperazine rings is 1. The van der Waals surface area contributed by atoms with E-state index in [0.717, 1.165) is 5.69 Å². The standard InChI is InChI=1S/C20H25N5O4/c1-20(2,3)29-19(27)25-12-10-24(11-13-25)15-6-4-5-7-16(15)28-18-22-9-8-14(23-18)17(21)26/h4-9H,10-13H2,1-3H3,(H2,21,26). The second-order valence-electron chi connectivity index (χ2n) is 7.61. The molecule has 9 heteroatoms. The first-order chi connectivity index (χ1) is 13.7.